The van der Waals surface area contributed by atoms with Crippen molar-refractivity contribution >= 4 is 33.6 Å². The number of aliphatic hydroxyl groups excluding tert-OH is 1. The average molecular weight is 318 g/mol. The number of halogens is 1. The Balaban J connectivity index is 2.38. The molecule has 1 aromatic rings. The second-order valence-corrected chi connectivity index (χ2v) is 5.57. The van der Waals surface area contributed by atoms with E-state index in [4.69, 9.17) is 5.11 Å². The molecule has 0 saturated carbocycles. The van der Waals surface area contributed by atoms with Crippen molar-refractivity contribution in [3.05, 3.63) is 28.7 Å². The zero-order chi connectivity index (χ0) is 12.7. The Morgan fingerprint density at radius 1 is 1.59 bits per heavy atom. The summed E-state index contributed by atoms with van der Waals surface area (Å²) in [5.74, 6) is 0.323. The molecule has 1 aromatic carbocycles. The maximum atomic E-state index is 11.6. The molecule has 0 aliphatic heterocycles. The topological polar surface area (TPSA) is 49.3 Å². The van der Waals surface area contributed by atoms with Gasteiger partial charge >= 0.3 is 0 Å². The first-order chi connectivity index (χ1) is 8.15. The van der Waals surface area contributed by atoms with Crippen molar-refractivity contribution in [2.45, 2.75) is 24.3 Å². The number of hydrogen-bond acceptors (Lipinski definition) is 3. The van der Waals surface area contributed by atoms with Crippen LogP contribution in [0.1, 0.15) is 13.3 Å². The molecule has 0 aliphatic rings. The molecule has 2 N–H and O–H groups in total. The van der Waals surface area contributed by atoms with Crippen LogP contribution in [-0.4, -0.2) is 29.4 Å². The zero-order valence-corrected chi connectivity index (χ0v) is 12.1. The highest BCUT2D eigenvalue weighted by Crippen LogP contribution is 2.21. The molecule has 0 radical (unpaired) electrons. The third-order valence-electron chi connectivity index (χ3n) is 2.24. The van der Waals surface area contributed by atoms with Gasteiger partial charge in [-0.25, -0.2) is 0 Å². The summed E-state index contributed by atoms with van der Waals surface area (Å²) in [4.78, 5) is 12.6. The fraction of sp³-hybridized carbons (Fsp3) is 0.417. The van der Waals surface area contributed by atoms with Gasteiger partial charge in [-0.3, -0.25) is 4.79 Å². The Hall–Kier alpha value is -0.520. The number of amides is 1. The summed E-state index contributed by atoms with van der Waals surface area (Å²) < 4.78 is 1.00. The largest absolute Gasteiger partial charge is 0.394 e. The fourth-order valence-electron chi connectivity index (χ4n) is 1.25. The van der Waals surface area contributed by atoms with Crippen LogP contribution in [0.15, 0.2) is 33.6 Å². The van der Waals surface area contributed by atoms with Crippen molar-refractivity contribution < 1.29 is 9.90 Å². The lowest BCUT2D eigenvalue weighted by atomic mass is 10.2. The fourth-order valence-corrected chi connectivity index (χ4v) is 2.57. The third-order valence-corrected chi connectivity index (χ3v) is 3.73. The second kappa shape index (κ2) is 7.74. The van der Waals surface area contributed by atoms with Crippen molar-refractivity contribution in [2.24, 2.45) is 0 Å². The van der Waals surface area contributed by atoms with Gasteiger partial charge in [0.05, 0.1) is 18.4 Å². The minimum absolute atomic E-state index is 0.0101. The molecule has 94 valence electrons. The van der Waals surface area contributed by atoms with Crippen LogP contribution in [0.4, 0.5) is 0 Å². The van der Waals surface area contributed by atoms with E-state index in [1.807, 2.05) is 31.2 Å². The summed E-state index contributed by atoms with van der Waals surface area (Å²) in [5.41, 5.74) is 0. The Morgan fingerprint density at radius 3 is 2.94 bits per heavy atom. The normalized spacial score (nSPS) is 12.2. The van der Waals surface area contributed by atoms with Crippen LogP contribution in [0.2, 0.25) is 0 Å². The van der Waals surface area contributed by atoms with Crippen molar-refractivity contribution in [3.63, 3.8) is 0 Å². The number of aliphatic hydroxyl groups is 1. The van der Waals surface area contributed by atoms with E-state index in [2.05, 4.69) is 21.2 Å². The van der Waals surface area contributed by atoms with Gasteiger partial charge in [0.15, 0.2) is 0 Å². The third kappa shape index (κ3) is 5.57. The first kappa shape index (κ1) is 14.5. The number of nitrogens with one attached hydrogen (secondary N) is 1. The van der Waals surface area contributed by atoms with Crippen molar-refractivity contribution in [1.29, 1.82) is 0 Å². The first-order valence-corrected chi connectivity index (χ1v) is 7.22. The summed E-state index contributed by atoms with van der Waals surface area (Å²) in [6.07, 6.45) is 0.740. The molecule has 1 rings (SSSR count). The molecule has 0 saturated heterocycles. The van der Waals surface area contributed by atoms with Gasteiger partial charge in [0, 0.05) is 9.37 Å². The maximum Gasteiger partial charge on any atom is 0.230 e. The number of rotatable bonds is 6. The molecule has 1 unspecified atom stereocenters. The predicted octanol–water partition coefficient (Wildman–Crippen LogP) is 2.43. The maximum absolute atomic E-state index is 11.6. The highest BCUT2D eigenvalue weighted by molar-refractivity contribution is 9.10. The molecule has 0 bridgehead atoms. The molecular formula is C12H16BrNO2S. The van der Waals surface area contributed by atoms with E-state index in [0.717, 1.165) is 15.8 Å². The van der Waals surface area contributed by atoms with Crippen LogP contribution in [0.5, 0.6) is 0 Å². The smallest absolute Gasteiger partial charge is 0.230 e. The van der Waals surface area contributed by atoms with Gasteiger partial charge in [-0.05, 0) is 24.6 Å². The Kier molecular flexibility index (Phi) is 6.62. The standard InChI is InChI=1S/C12H16BrNO2S/c1-2-10(7-15)14-12(16)8-17-11-5-3-4-9(13)6-11/h3-6,10,15H,2,7-8H2,1H3,(H,14,16). The highest BCUT2D eigenvalue weighted by atomic mass is 79.9. The minimum atomic E-state index is -0.134. The number of carbonyl (C=O) groups excluding carboxylic acids is 1. The first-order valence-electron chi connectivity index (χ1n) is 5.44. The summed E-state index contributed by atoms with van der Waals surface area (Å²) >= 11 is 4.87. The van der Waals surface area contributed by atoms with E-state index >= 15 is 0 Å². The molecule has 3 nitrogen and oxygen atoms in total. The molecule has 1 atom stereocenters. The van der Waals surface area contributed by atoms with Crippen LogP contribution in [0, 0.1) is 0 Å². The van der Waals surface area contributed by atoms with E-state index in [1.54, 1.807) is 0 Å². The molecule has 1 amide bonds. The van der Waals surface area contributed by atoms with Gasteiger partial charge in [0.1, 0.15) is 0 Å². The van der Waals surface area contributed by atoms with Crippen molar-refractivity contribution in [3.8, 4) is 0 Å². The van der Waals surface area contributed by atoms with Gasteiger partial charge in [0.2, 0.25) is 5.91 Å². The lowest BCUT2D eigenvalue weighted by Crippen LogP contribution is -2.37. The SMILES string of the molecule is CCC(CO)NC(=O)CSc1cccc(Br)c1. The molecule has 0 spiro atoms. The van der Waals surface area contributed by atoms with Gasteiger partial charge < -0.3 is 10.4 Å². The summed E-state index contributed by atoms with van der Waals surface area (Å²) in [6, 6.07) is 7.69. The van der Waals surface area contributed by atoms with E-state index < -0.39 is 0 Å². The summed E-state index contributed by atoms with van der Waals surface area (Å²) in [6.45, 7) is 1.92. The lowest BCUT2D eigenvalue weighted by molar-refractivity contribution is -0.119. The van der Waals surface area contributed by atoms with Crippen LogP contribution < -0.4 is 5.32 Å². The molecular weight excluding hydrogens is 302 g/mol. The molecule has 0 aliphatic carbocycles. The van der Waals surface area contributed by atoms with Gasteiger partial charge in [-0.2, -0.15) is 0 Å². The Labute approximate surface area is 114 Å². The van der Waals surface area contributed by atoms with Crippen LogP contribution in [0.3, 0.4) is 0 Å². The predicted molar refractivity (Wildman–Crippen MR) is 74.2 cm³/mol. The van der Waals surface area contributed by atoms with E-state index in [0.29, 0.717) is 5.75 Å². The van der Waals surface area contributed by atoms with Gasteiger partial charge in [-0.1, -0.05) is 28.9 Å². The number of thioether (sulfide) groups is 1. The molecule has 17 heavy (non-hydrogen) atoms. The zero-order valence-electron chi connectivity index (χ0n) is 9.65. The average Bonchev–Trinajstić information content (AvgIpc) is 2.33. The molecule has 0 heterocycles. The van der Waals surface area contributed by atoms with Crippen molar-refractivity contribution in [1.82, 2.24) is 5.32 Å². The quantitative estimate of drug-likeness (QED) is 0.792. The highest BCUT2D eigenvalue weighted by Gasteiger charge is 2.09. The van der Waals surface area contributed by atoms with Crippen molar-refractivity contribution in [2.75, 3.05) is 12.4 Å². The van der Waals surface area contributed by atoms with E-state index in [9.17, 15) is 4.79 Å². The van der Waals surface area contributed by atoms with Crippen LogP contribution in [0.25, 0.3) is 0 Å². The lowest BCUT2D eigenvalue weighted by Gasteiger charge is -2.13. The van der Waals surface area contributed by atoms with E-state index in [1.165, 1.54) is 11.8 Å². The molecule has 5 heteroatoms. The Bertz CT molecular complexity index is 369. The van der Waals surface area contributed by atoms with Gasteiger partial charge in [0.25, 0.3) is 0 Å². The Morgan fingerprint density at radius 2 is 2.35 bits per heavy atom. The van der Waals surface area contributed by atoms with Crippen LogP contribution >= 0.6 is 27.7 Å². The second-order valence-electron chi connectivity index (χ2n) is 3.60. The number of carbonyl (C=O) groups is 1. The monoisotopic (exact) mass is 317 g/mol. The summed E-state index contributed by atoms with van der Waals surface area (Å²) in [7, 11) is 0. The van der Waals surface area contributed by atoms with Crippen LogP contribution in [-0.2, 0) is 4.79 Å². The van der Waals surface area contributed by atoms with Gasteiger partial charge in [-0.15, -0.1) is 11.8 Å². The number of hydrogen-bond donors (Lipinski definition) is 2. The molecule has 0 fully saturated rings. The minimum Gasteiger partial charge on any atom is -0.394 e. The molecule has 0 aromatic heterocycles. The number of benzene rings is 1. The van der Waals surface area contributed by atoms with E-state index in [-0.39, 0.29) is 18.6 Å². The summed E-state index contributed by atoms with van der Waals surface area (Å²) in [5, 5.41) is 11.7.